The molecule has 3 heteroatoms. The van der Waals surface area contributed by atoms with Crippen LogP contribution in [0.5, 0.6) is 0 Å². The molecular weight excluding hydrogens is 191 g/mol. The molecule has 1 atom stereocenters. The van der Waals surface area contributed by atoms with E-state index in [1.165, 1.54) is 24.4 Å². The second-order valence-electron chi connectivity index (χ2n) is 3.93. The molecule has 1 heterocycles. The van der Waals surface area contributed by atoms with Crippen LogP contribution < -0.4 is 10.3 Å². The van der Waals surface area contributed by atoms with Crippen molar-refractivity contribution in [3.8, 4) is 0 Å². The van der Waals surface area contributed by atoms with Crippen LogP contribution in [0, 0.1) is 5.82 Å². The van der Waals surface area contributed by atoms with Crippen LogP contribution in [0.2, 0.25) is 0 Å². The smallest absolute Gasteiger partial charge is 0.243 e. The average Bonchev–Trinajstić information content (AvgIpc) is 2.71. The van der Waals surface area contributed by atoms with Crippen LogP contribution in [0.3, 0.4) is 0 Å². The van der Waals surface area contributed by atoms with Crippen LogP contribution in [-0.2, 0) is 0 Å². The van der Waals surface area contributed by atoms with Crippen LogP contribution in [0.1, 0.15) is 31.4 Å². The molecule has 1 aliphatic rings. The van der Waals surface area contributed by atoms with E-state index in [0.29, 0.717) is 0 Å². The molecule has 0 aromatic heterocycles. The van der Waals surface area contributed by atoms with E-state index in [1.54, 1.807) is 0 Å². The Morgan fingerprint density at radius 1 is 1.33 bits per heavy atom. The molecule has 2 nitrogen and oxygen atoms in total. The molecule has 2 N–H and O–H groups in total. The fourth-order valence-corrected chi connectivity index (χ4v) is 1.81. The predicted molar refractivity (Wildman–Crippen MR) is 58.0 cm³/mol. The van der Waals surface area contributed by atoms with Gasteiger partial charge in [-0.2, -0.15) is 0 Å². The lowest BCUT2D eigenvalue weighted by Gasteiger charge is -2.09. The maximum Gasteiger partial charge on any atom is 0.243 e. The summed E-state index contributed by atoms with van der Waals surface area (Å²) in [5.41, 5.74) is 1.11. The van der Waals surface area contributed by atoms with Gasteiger partial charge in [-0.15, -0.1) is 0 Å². The monoisotopic (exact) mass is 207 g/mol. The highest BCUT2D eigenvalue weighted by molar-refractivity contribution is 5.77. The van der Waals surface area contributed by atoms with E-state index in [4.69, 9.17) is 0 Å². The van der Waals surface area contributed by atoms with E-state index >= 15 is 0 Å². The Morgan fingerprint density at radius 3 is 2.67 bits per heavy atom. The minimum Gasteiger partial charge on any atom is -0.279 e. The number of hydrogen-bond acceptors (Lipinski definition) is 1. The van der Waals surface area contributed by atoms with Gasteiger partial charge in [-0.1, -0.05) is 12.1 Å². The van der Waals surface area contributed by atoms with Crippen molar-refractivity contribution in [2.24, 2.45) is 0 Å². The number of benzene rings is 1. The van der Waals surface area contributed by atoms with E-state index in [2.05, 4.69) is 17.2 Å². The van der Waals surface area contributed by atoms with E-state index in [1.807, 2.05) is 12.1 Å². The van der Waals surface area contributed by atoms with Crippen molar-refractivity contribution in [1.29, 1.82) is 0 Å². The summed E-state index contributed by atoms with van der Waals surface area (Å²) < 4.78 is 12.7. The highest BCUT2D eigenvalue weighted by Crippen LogP contribution is 2.12. The highest BCUT2D eigenvalue weighted by Gasteiger charge is 2.16. The molecule has 1 aromatic rings. The van der Waals surface area contributed by atoms with Gasteiger partial charge >= 0.3 is 0 Å². The molecule has 1 aliphatic heterocycles. The molecule has 0 spiro atoms. The Hall–Kier alpha value is -1.38. The lowest BCUT2D eigenvalue weighted by molar-refractivity contribution is -0.449. The third-order valence-corrected chi connectivity index (χ3v) is 2.70. The number of hydrogen-bond donors (Lipinski definition) is 2. The van der Waals surface area contributed by atoms with Crippen molar-refractivity contribution in [2.45, 2.75) is 25.8 Å². The highest BCUT2D eigenvalue weighted by atomic mass is 19.1. The fraction of sp³-hybridized carbons (Fsp3) is 0.417. The van der Waals surface area contributed by atoms with Crippen LogP contribution >= 0.6 is 0 Å². The third-order valence-electron chi connectivity index (χ3n) is 2.70. The summed E-state index contributed by atoms with van der Waals surface area (Å²) in [6.45, 7) is 3.14. The molecule has 0 amide bonds. The number of amidine groups is 1. The van der Waals surface area contributed by atoms with Gasteiger partial charge in [0.25, 0.3) is 0 Å². The van der Waals surface area contributed by atoms with Crippen molar-refractivity contribution < 1.29 is 9.38 Å². The topological polar surface area (TPSA) is 26.0 Å². The molecule has 15 heavy (non-hydrogen) atoms. The Labute approximate surface area is 89.2 Å². The van der Waals surface area contributed by atoms with E-state index < -0.39 is 0 Å². The van der Waals surface area contributed by atoms with E-state index in [9.17, 15) is 4.39 Å². The molecule has 0 saturated heterocycles. The quantitative estimate of drug-likeness (QED) is 0.735. The van der Waals surface area contributed by atoms with Gasteiger partial charge in [0.05, 0.1) is 13.0 Å². The second-order valence-corrected chi connectivity index (χ2v) is 3.93. The molecule has 0 radical (unpaired) electrons. The van der Waals surface area contributed by atoms with Gasteiger partial charge in [0.15, 0.2) is 0 Å². The molecule has 0 saturated carbocycles. The molecular formula is C12H16FN2+. The Balaban J connectivity index is 2.00. The Kier molecular flexibility index (Phi) is 2.99. The average molecular weight is 207 g/mol. The van der Waals surface area contributed by atoms with Gasteiger partial charge in [0.1, 0.15) is 11.9 Å². The van der Waals surface area contributed by atoms with Gasteiger partial charge in [0.2, 0.25) is 5.84 Å². The summed E-state index contributed by atoms with van der Waals surface area (Å²) in [4.78, 5) is 3.30. The lowest BCUT2D eigenvalue weighted by Crippen LogP contribution is -2.72. The van der Waals surface area contributed by atoms with E-state index in [-0.39, 0.29) is 11.9 Å². The summed E-state index contributed by atoms with van der Waals surface area (Å²) in [7, 11) is 0. The Bertz CT molecular complexity index is 356. The molecule has 80 valence electrons. The summed E-state index contributed by atoms with van der Waals surface area (Å²) in [6.07, 6.45) is 2.28. The van der Waals surface area contributed by atoms with Gasteiger partial charge in [-0.3, -0.25) is 10.3 Å². The third kappa shape index (κ3) is 2.55. The first-order chi connectivity index (χ1) is 7.25. The summed E-state index contributed by atoms with van der Waals surface area (Å²) >= 11 is 0. The van der Waals surface area contributed by atoms with Crippen molar-refractivity contribution in [1.82, 2.24) is 5.32 Å². The van der Waals surface area contributed by atoms with Crippen LogP contribution in [0.15, 0.2) is 24.3 Å². The maximum absolute atomic E-state index is 12.7. The van der Waals surface area contributed by atoms with Crippen LogP contribution in [-0.4, -0.2) is 12.4 Å². The first-order valence-electron chi connectivity index (χ1n) is 5.37. The van der Waals surface area contributed by atoms with Gasteiger partial charge in [0, 0.05) is 0 Å². The van der Waals surface area contributed by atoms with Crippen LogP contribution in [0.25, 0.3) is 0 Å². The van der Waals surface area contributed by atoms with Crippen molar-refractivity contribution in [2.75, 3.05) is 6.54 Å². The molecule has 1 aromatic carbocycles. The normalized spacial score (nSPS) is 17.3. The number of nitrogens with one attached hydrogen (secondary N) is 2. The standard InChI is InChI=1S/C12H15FN2/c1-9(15-12-3-2-8-14-12)10-4-6-11(13)7-5-10/h4-7,9H,2-3,8H2,1H3,(H,14,15)/p+1/t9-/m0/s1. The summed E-state index contributed by atoms with van der Waals surface area (Å²) in [6, 6.07) is 6.87. The predicted octanol–water partition coefficient (Wildman–Crippen LogP) is 0.749. The number of rotatable bonds is 2. The summed E-state index contributed by atoms with van der Waals surface area (Å²) in [5.74, 6) is 1.02. The van der Waals surface area contributed by atoms with Crippen molar-refractivity contribution in [3.63, 3.8) is 0 Å². The zero-order valence-corrected chi connectivity index (χ0v) is 8.89. The van der Waals surface area contributed by atoms with Crippen LogP contribution in [0.4, 0.5) is 4.39 Å². The van der Waals surface area contributed by atoms with Crippen molar-refractivity contribution in [3.05, 3.63) is 35.6 Å². The largest absolute Gasteiger partial charge is 0.279 e. The Morgan fingerprint density at radius 2 is 2.07 bits per heavy atom. The minimum absolute atomic E-state index is 0.183. The lowest BCUT2D eigenvalue weighted by atomic mass is 10.1. The SMILES string of the molecule is C[C@H](NC1=[NH+]CCC1)c1ccc(F)cc1. The van der Waals surface area contributed by atoms with Gasteiger partial charge in [-0.05, 0) is 31.0 Å². The molecule has 2 rings (SSSR count). The first kappa shape index (κ1) is 10.1. The van der Waals surface area contributed by atoms with Gasteiger partial charge in [-0.25, -0.2) is 4.39 Å². The van der Waals surface area contributed by atoms with Gasteiger partial charge < -0.3 is 0 Å². The van der Waals surface area contributed by atoms with Crippen molar-refractivity contribution >= 4 is 5.84 Å². The molecule has 0 unspecified atom stereocenters. The zero-order valence-electron chi connectivity index (χ0n) is 8.89. The zero-order chi connectivity index (χ0) is 10.7. The molecule has 0 fully saturated rings. The fourth-order valence-electron chi connectivity index (χ4n) is 1.81. The second kappa shape index (κ2) is 4.43. The summed E-state index contributed by atoms with van der Waals surface area (Å²) in [5, 5.41) is 3.40. The molecule has 0 bridgehead atoms. The molecule has 0 aliphatic carbocycles. The maximum atomic E-state index is 12.7. The van der Waals surface area contributed by atoms with E-state index in [0.717, 1.165) is 18.5 Å². The number of halogens is 1. The minimum atomic E-state index is -0.183. The first-order valence-corrected chi connectivity index (χ1v) is 5.37.